The lowest BCUT2D eigenvalue weighted by Crippen LogP contribution is -2.41. The Morgan fingerprint density at radius 2 is 1.90 bits per heavy atom. The van der Waals surface area contributed by atoms with Crippen molar-refractivity contribution >= 4 is 34.4 Å². The van der Waals surface area contributed by atoms with Crippen LogP contribution in [0.3, 0.4) is 0 Å². The number of likely N-dealkylation sites (N-methyl/N-ethyl adjacent to an activating group) is 1. The molecule has 41 heavy (non-hydrogen) atoms. The normalized spacial score (nSPS) is 14.3. The second-order valence-electron chi connectivity index (χ2n) is 9.65. The van der Waals surface area contributed by atoms with E-state index in [0.29, 0.717) is 52.1 Å². The standard InChI is InChI=1S/C27H28F4N8O2/c1-16-4-3-5-20(33-26(40)34-21-14-17(27(29,30)31)6-7-19(21)28)22(16)23-18-15-32-25(35-24(18)37-36-23)38(2)8-9-39-10-12-41-13-11-39/h3-7,14-15H,8-13H2,1-2H3,(H2,33,34,40)(H,32,35,36,37). The Morgan fingerprint density at radius 3 is 2.66 bits per heavy atom. The van der Waals surface area contributed by atoms with Crippen LogP contribution >= 0.6 is 0 Å². The van der Waals surface area contributed by atoms with Crippen LogP contribution in [0.15, 0.2) is 42.6 Å². The third-order valence-electron chi connectivity index (χ3n) is 6.81. The van der Waals surface area contributed by atoms with E-state index in [1.54, 1.807) is 18.3 Å². The minimum absolute atomic E-state index is 0.326. The van der Waals surface area contributed by atoms with E-state index in [4.69, 9.17) is 4.74 Å². The molecule has 4 aromatic rings. The van der Waals surface area contributed by atoms with Crippen molar-refractivity contribution in [2.75, 3.05) is 62.0 Å². The van der Waals surface area contributed by atoms with Crippen LogP contribution in [0.2, 0.25) is 0 Å². The number of ether oxygens (including phenoxy) is 1. The molecule has 0 saturated carbocycles. The highest BCUT2D eigenvalue weighted by Gasteiger charge is 2.31. The van der Waals surface area contributed by atoms with E-state index in [2.05, 4.69) is 35.7 Å². The highest BCUT2D eigenvalue weighted by atomic mass is 19.4. The number of hydrogen-bond acceptors (Lipinski definition) is 7. The van der Waals surface area contributed by atoms with Crippen molar-refractivity contribution in [1.82, 2.24) is 25.1 Å². The molecule has 2 aromatic carbocycles. The molecule has 0 unspecified atom stereocenters. The van der Waals surface area contributed by atoms with Crippen LogP contribution in [-0.2, 0) is 10.9 Å². The summed E-state index contributed by atoms with van der Waals surface area (Å²) in [5.41, 5.74) is 0.955. The van der Waals surface area contributed by atoms with E-state index in [-0.39, 0.29) is 0 Å². The Balaban J connectivity index is 1.35. The summed E-state index contributed by atoms with van der Waals surface area (Å²) >= 11 is 0. The van der Waals surface area contributed by atoms with Gasteiger partial charge in [-0.2, -0.15) is 23.3 Å². The smallest absolute Gasteiger partial charge is 0.379 e. The number of morpholine rings is 1. The van der Waals surface area contributed by atoms with Gasteiger partial charge in [0.2, 0.25) is 5.95 Å². The van der Waals surface area contributed by atoms with Crippen molar-refractivity contribution in [1.29, 1.82) is 0 Å². The molecule has 1 saturated heterocycles. The van der Waals surface area contributed by atoms with Crippen molar-refractivity contribution in [2.45, 2.75) is 13.1 Å². The topological polar surface area (TPSA) is 111 Å². The maximum Gasteiger partial charge on any atom is 0.416 e. The molecule has 1 fully saturated rings. The molecule has 0 spiro atoms. The minimum atomic E-state index is -4.69. The summed E-state index contributed by atoms with van der Waals surface area (Å²) in [5, 5.41) is 12.7. The number of rotatable bonds is 7. The molecule has 2 aromatic heterocycles. The number of carbonyl (C=O) groups excluding carboxylic acids is 1. The molecule has 2 amide bonds. The summed E-state index contributed by atoms with van der Waals surface area (Å²) < 4.78 is 58.8. The van der Waals surface area contributed by atoms with Crippen LogP contribution in [0.25, 0.3) is 22.3 Å². The molecule has 10 nitrogen and oxygen atoms in total. The molecule has 1 aliphatic heterocycles. The van der Waals surface area contributed by atoms with Crippen LogP contribution < -0.4 is 15.5 Å². The van der Waals surface area contributed by atoms with E-state index in [1.807, 2.05) is 24.9 Å². The number of H-pyrrole nitrogens is 1. The monoisotopic (exact) mass is 572 g/mol. The fraction of sp³-hybridized carbons (Fsp3) is 0.333. The number of nitrogens with zero attached hydrogens (tertiary/aromatic N) is 5. The zero-order valence-electron chi connectivity index (χ0n) is 22.3. The van der Waals surface area contributed by atoms with Crippen LogP contribution in [-0.4, -0.2) is 77.5 Å². The van der Waals surface area contributed by atoms with Gasteiger partial charge in [-0.3, -0.25) is 10.00 Å². The molecule has 0 bridgehead atoms. The van der Waals surface area contributed by atoms with Gasteiger partial charge in [-0.1, -0.05) is 12.1 Å². The highest BCUT2D eigenvalue weighted by molar-refractivity contribution is 6.04. The van der Waals surface area contributed by atoms with Gasteiger partial charge in [0.15, 0.2) is 5.65 Å². The van der Waals surface area contributed by atoms with E-state index >= 15 is 0 Å². The SMILES string of the molecule is Cc1cccc(NC(=O)Nc2cc(C(F)(F)F)ccc2F)c1-c1[nH]nc2nc(N(C)CCN3CCOCC3)ncc12. The molecule has 3 heterocycles. The van der Waals surface area contributed by atoms with E-state index in [1.165, 1.54) is 0 Å². The molecule has 0 aliphatic carbocycles. The number of halogens is 4. The number of aromatic amines is 1. The Bertz CT molecular complexity index is 1550. The van der Waals surface area contributed by atoms with Gasteiger partial charge in [-0.15, -0.1) is 0 Å². The first kappa shape index (κ1) is 28.2. The first-order valence-corrected chi connectivity index (χ1v) is 12.9. The number of nitrogens with one attached hydrogen (secondary N) is 3. The molecular weight excluding hydrogens is 544 g/mol. The number of alkyl halides is 3. The predicted molar refractivity (Wildman–Crippen MR) is 146 cm³/mol. The molecular formula is C27H28F4N8O2. The third kappa shape index (κ3) is 6.38. The molecule has 0 radical (unpaired) electrons. The quantitative estimate of drug-likeness (QED) is 0.270. The fourth-order valence-electron chi connectivity index (χ4n) is 4.56. The fourth-order valence-corrected chi connectivity index (χ4v) is 4.56. The Hall–Kier alpha value is -4.30. The number of fused-ring (bicyclic) bond motifs is 1. The zero-order valence-corrected chi connectivity index (χ0v) is 22.3. The second-order valence-corrected chi connectivity index (χ2v) is 9.65. The number of benzene rings is 2. The lowest BCUT2D eigenvalue weighted by atomic mass is 10.0. The van der Waals surface area contributed by atoms with Crippen molar-refractivity contribution in [2.24, 2.45) is 0 Å². The van der Waals surface area contributed by atoms with Gasteiger partial charge in [0.25, 0.3) is 0 Å². The first-order valence-electron chi connectivity index (χ1n) is 12.9. The maximum absolute atomic E-state index is 14.2. The average molecular weight is 573 g/mol. The summed E-state index contributed by atoms with van der Waals surface area (Å²) in [7, 11) is 1.91. The first-order chi connectivity index (χ1) is 19.6. The third-order valence-corrected chi connectivity index (χ3v) is 6.81. The Labute approximate surface area is 232 Å². The molecule has 1 aliphatic rings. The van der Waals surface area contributed by atoms with Gasteiger partial charge in [0.05, 0.1) is 41.2 Å². The van der Waals surface area contributed by atoms with Crippen molar-refractivity contribution < 1.29 is 27.1 Å². The predicted octanol–water partition coefficient (Wildman–Crippen LogP) is 4.90. The zero-order chi connectivity index (χ0) is 29.1. The van der Waals surface area contributed by atoms with Gasteiger partial charge in [0.1, 0.15) is 5.82 Å². The molecule has 216 valence electrons. The number of aromatic nitrogens is 4. The average Bonchev–Trinajstić information content (AvgIpc) is 3.36. The highest BCUT2D eigenvalue weighted by Crippen LogP contribution is 2.35. The summed E-state index contributed by atoms with van der Waals surface area (Å²) in [6, 6.07) is 6.03. The van der Waals surface area contributed by atoms with Crippen LogP contribution in [0, 0.1) is 12.7 Å². The van der Waals surface area contributed by atoms with Crippen molar-refractivity contribution in [3.05, 3.63) is 59.5 Å². The lowest BCUT2D eigenvalue weighted by molar-refractivity contribution is -0.137. The second kappa shape index (κ2) is 11.7. The van der Waals surface area contributed by atoms with Crippen LogP contribution in [0.4, 0.5) is 39.7 Å². The largest absolute Gasteiger partial charge is 0.416 e. The van der Waals surface area contributed by atoms with E-state index < -0.39 is 29.3 Å². The number of aryl methyl sites for hydroxylation is 1. The van der Waals surface area contributed by atoms with E-state index in [9.17, 15) is 22.4 Å². The number of anilines is 3. The number of amides is 2. The molecule has 0 atom stereocenters. The van der Waals surface area contributed by atoms with Crippen LogP contribution in [0.5, 0.6) is 0 Å². The van der Waals surface area contributed by atoms with Gasteiger partial charge < -0.3 is 20.3 Å². The molecule has 5 rings (SSSR count). The molecule has 3 N–H and O–H groups in total. The summed E-state index contributed by atoms with van der Waals surface area (Å²) in [6.45, 7) is 6.61. The van der Waals surface area contributed by atoms with Crippen molar-refractivity contribution in [3.63, 3.8) is 0 Å². The number of hydrogen-bond donors (Lipinski definition) is 3. The molecule has 14 heteroatoms. The van der Waals surface area contributed by atoms with Gasteiger partial charge in [-0.25, -0.2) is 14.2 Å². The van der Waals surface area contributed by atoms with E-state index in [0.717, 1.165) is 45.0 Å². The Kier molecular flexibility index (Phi) is 8.03. The summed E-state index contributed by atoms with van der Waals surface area (Å²) in [4.78, 5) is 26.1. The lowest BCUT2D eigenvalue weighted by Gasteiger charge is -2.28. The van der Waals surface area contributed by atoms with Gasteiger partial charge in [-0.05, 0) is 36.8 Å². The Morgan fingerprint density at radius 1 is 1.15 bits per heavy atom. The van der Waals surface area contributed by atoms with Crippen LogP contribution in [0.1, 0.15) is 11.1 Å². The summed E-state index contributed by atoms with van der Waals surface area (Å²) in [6.07, 6.45) is -3.04. The van der Waals surface area contributed by atoms with Gasteiger partial charge >= 0.3 is 12.2 Å². The maximum atomic E-state index is 14.2. The number of urea groups is 1. The van der Waals surface area contributed by atoms with Gasteiger partial charge in [0, 0.05) is 45.0 Å². The van der Waals surface area contributed by atoms with Crippen molar-refractivity contribution in [3.8, 4) is 11.3 Å². The number of carbonyl (C=O) groups is 1. The minimum Gasteiger partial charge on any atom is -0.379 e. The summed E-state index contributed by atoms with van der Waals surface area (Å²) in [5.74, 6) is -0.491.